The highest BCUT2D eigenvalue weighted by molar-refractivity contribution is 6.42. The molecule has 5 heteroatoms. The predicted molar refractivity (Wildman–Crippen MR) is 95.9 cm³/mol. The average molecular weight is 353 g/mol. The minimum atomic E-state index is 0.0483. The quantitative estimate of drug-likeness (QED) is 0.764. The molecule has 0 atom stereocenters. The van der Waals surface area contributed by atoms with Crippen LogP contribution < -0.4 is 0 Å². The monoisotopic (exact) mass is 352 g/mol. The molecule has 23 heavy (non-hydrogen) atoms. The lowest BCUT2D eigenvalue weighted by Gasteiger charge is -2.37. The Bertz CT molecular complexity index is 589. The Morgan fingerprint density at radius 1 is 1.09 bits per heavy atom. The molecule has 1 saturated carbocycles. The van der Waals surface area contributed by atoms with Crippen LogP contribution >= 0.6 is 23.2 Å². The first-order valence-corrected chi connectivity index (χ1v) is 9.06. The van der Waals surface area contributed by atoms with Crippen LogP contribution in [0.1, 0.15) is 31.2 Å². The number of hydrogen-bond donors (Lipinski definition) is 0. The summed E-state index contributed by atoms with van der Waals surface area (Å²) in [4.78, 5) is 16.8. The largest absolute Gasteiger partial charge is 0.337 e. The van der Waals surface area contributed by atoms with Gasteiger partial charge in [-0.2, -0.15) is 0 Å². The SMILES string of the molecule is O=C(/C=C/c1cccc(Cl)c1Cl)N1CCN(C2CCCC2)CC1. The molecule has 0 aromatic heterocycles. The molecule has 3 nitrogen and oxygen atoms in total. The van der Waals surface area contributed by atoms with Gasteiger partial charge in [-0.15, -0.1) is 0 Å². The molecular weight excluding hydrogens is 331 g/mol. The maximum atomic E-state index is 12.3. The molecule has 0 unspecified atom stereocenters. The summed E-state index contributed by atoms with van der Waals surface area (Å²) in [7, 11) is 0. The molecule has 2 aliphatic rings. The second kappa shape index (κ2) is 7.69. The molecule has 0 radical (unpaired) electrons. The zero-order valence-electron chi connectivity index (χ0n) is 13.2. The third-order valence-corrected chi connectivity index (χ3v) is 5.69. The van der Waals surface area contributed by atoms with Crippen molar-refractivity contribution in [1.29, 1.82) is 0 Å². The highest BCUT2D eigenvalue weighted by Crippen LogP contribution is 2.27. The fourth-order valence-corrected chi connectivity index (χ4v) is 3.86. The van der Waals surface area contributed by atoms with Gasteiger partial charge in [0.05, 0.1) is 10.0 Å². The highest BCUT2D eigenvalue weighted by Gasteiger charge is 2.27. The van der Waals surface area contributed by atoms with E-state index in [9.17, 15) is 4.79 Å². The van der Waals surface area contributed by atoms with Gasteiger partial charge in [-0.1, -0.05) is 48.2 Å². The van der Waals surface area contributed by atoms with E-state index in [2.05, 4.69) is 4.90 Å². The van der Waals surface area contributed by atoms with Crippen LogP contribution in [0.5, 0.6) is 0 Å². The molecule has 1 aromatic rings. The Kier molecular flexibility index (Phi) is 5.62. The van der Waals surface area contributed by atoms with Gasteiger partial charge in [0.25, 0.3) is 0 Å². The summed E-state index contributed by atoms with van der Waals surface area (Å²) in [5.41, 5.74) is 0.775. The Morgan fingerprint density at radius 2 is 1.78 bits per heavy atom. The first-order chi connectivity index (χ1) is 11.1. The van der Waals surface area contributed by atoms with E-state index in [4.69, 9.17) is 23.2 Å². The molecular formula is C18H22Cl2N2O. The van der Waals surface area contributed by atoms with Gasteiger partial charge in [0, 0.05) is 38.3 Å². The molecule has 1 saturated heterocycles. The number of hydrogen-bond acceptors (Lipinski definition) is 2. The molecule has 3 rings (SSSR count). The smallest absolute Gasteiger partial charge is 0.246 e. The van der Waals surface area contributed by atoms with E-state index in [1.807, 2.05) is 17.0 Å². The first kappa shape index (κ1) is 16.8. The summed E-state index contributed by atoms with van der Waals surface area (Å²) in [6.07, 6.45) is 8.70. The molecule has 2 fully saturated rings. The van der Waals surface area contributed by atoms with E-state index in [-0.39, 0.29) is 5.91 Å². The lowest BCUT2D eigenvalue weighted by atomic mass is 10.1. The topological polar surface area (TPSA) is 23.6 Å². The van der Waals surface area contributed by atoms with Gasteiger partial charge in [-0.3, -0.25) is 9.69 Å². The molecule has 1 heterocycles. The Hall–Kier alpha value is -1.03. The van der Waals surface area contributed by atoms with E-state index in [1.54, 1.807) is 18.2 Å². The highest BCUT2D eigenvalue weighted by atomic mass is 35.5. The fourth-order valence-electron chi connectivity index (χ4n) is 3.49. The van der Waals surface area contributed by atoms with Crippen molar-refractivity contribution in [2.75, 3.05) is 26.2 Å². The number of nitrogens with zero attached hydrogens (tertiary/aromatic N) is 2. The number of carbonyl (C=O) groups is 1. The van der Waals surface area contributed by atoms with Crippen molar-refractivity contribution in [1.82, 2.24) is 9.80 Å². The minimum absolute atomic E-state index is 0.0483. The van der Waals surface area contributed by atoms with Crippen LogP contribution in [0, 0.1) is 0 Å². The maximum Gasteiger partial charge on any atom is 0.246 e. The number of rotatable bonds is 3. The number of halogens is 2. The van der Waals surface area contributed by atoms with Crippen LogP contribution in [0.15, 0.2) is 24.3 Å². The van der Waals surface area contributed by atoms with Crippen molar-refractivity contribution in [3.8, 4) is 0 Å². The van der Waals surface area contributed by atoms with E-state index in [0.717, 1.165) is 37.8 Å². The summed E-state index contributed by atoms with van der Waals surface area (Å²) in [6.45, 7) is 3.59. The second-order valence-electron chi connectivity index (χ2n) is 6.28. The minimum Gasteiger partial charge on any atom is -0.337 e. The summed E-state index contributed by atoms with van der Waals surface area (Å²) in [5, 5.41) is 0.996. The van der Waals surface area contributed by atoms with Crippen LogP contribution in [-0.2, 0) is 4.79 Å². The molecule has 0 N–H and O–H groups in total. The average Bonchev–Trinajstić information content (AvgIpc) is 3.10. The summed E-state index contributed by atoms with van der Waals surface area (Å²) < 4.78 is 0. The molecule has 1 aromatic carbocycles. The van der Waals surface area contributed by atoms with Crippen LogP contribution in [0.3, 0.4) is 0 Å². The van der Waals surface area contributed by atoms with E-state index in [1.165, 1.54) is 25.7 Å². The summed E-state index contributed by atoms with van der Waals surface area (Å²) in [6, 6.07) is 6.17. The number of piperazine rings is 1. The van der Waals surface area contributed by atoms with Gasteiger partial charge >= 0.3 is 0 Å². The van der Waals surface area contributed by atoms with Gasteiger partial charge in [-0.25, -0.2) is 0 Å². The van der Waals surface area contributed by atoms with Crippen molar-refractivity contribution in [2.24, 2.45) is 0 Å². The Morgan fingerprint density at radius 3 is 2.48 bits per heavy atom. The van der Waals surface area contributed by atoms with Crippen LogP contribution in [0.2, 0.25) is 10.0 Å². The number of amides is 1. The molecule has 1 aliphatic carbocycles. The van der Waals surface area contributed by atoms with Crippen molar-refractivity contribution in [2.45, 2.75) is 31.7 Å². The zero-order chi connectivity index (χ0) is 16.2. The molecule has 1 aliphatic heterocycles. The van der Waals surface area contributed by atoms with Crippen molar-refractivity contribution in [3.63, 3.8) is 0 Å². The van der Waals surface area contributed by atoms with E-state index >= 15 is 0 Å². The maximum absolute atomic E-state index is 12.3. The van der Waals surface area contributed by atoms with Crippen LogP contribution in [0.25, 0.3) is 6.08 Å². The summed E-state index contributed by atoms with van der Waals surface area (Å²) in [5.74, 6) is 0.0483. The molecule has 1 amide bonds. The van der Waals surface area contributed by atoms with Crippen molar-refractivity contribution in [3.05, 3.63) is 39.9 Å². The van der Waals surface area contributed by atoms with Gasteiger partial charge < -0.3 is 4.90 Å². The third-order valence-electron chi connectivity index (χ3n) is 4.85. The van der Waals surface area contributed by atoms with E-state index < -0.39 is 0 Å². The lowest BCUT2D eigenvalue weighted by Crippen LogP contribution is -2.51. The zero-order valence-corrected chi connectivity index (χ0v) is 14.7. The standard InChI is InChI=1S/C18H22Cl2N2O/c19-16-7-3-4-14(18(16)20)8-9-17(23)22-12-10-21(11-13-22)15-5-1-2-6-15/h3-4,7-9,15H,1-2,5-6,10-13H2/b9-8+. The Balaban J connectivity index is 1.55. The molecule has 0 bridgehead atoms. The van der Waals surface area contributed by atoms with Gasteiger partial charge in [-0.05, 0) is 30.5 Å². The Labute approximate surface area is 147 Å². The van der Waals surface area contributed by atoms with Gasteiger partial charge in [0.1, 0.15) is 0 Å². The summed E-state index contributed by atoms with van der Waals surface area (Å²) >= 11 is 12.1. The van der Waals surface area contributed by atoms with Crippen LogP contribution in [-0.4, -0.2) is 47.9 Å². The predicted octanol–water partition coefficient (Wildman–Crippen LogP) is 4.09. The van der Waals surface area contributed by atoms with Crippen molar-refractivity contribution < 1.29 is 4.79 Å². The van der Waals surface area contributed by atoms with Gasteiger partial charge in [0.2, 0.25) is 5.91 Å². The second-order valence-corrected chi connectivity index (χ2v) is 7.06. The molecule has 0 spiro atoms. The van der Waals surface area contributed by atoms with Crippen LogP contribution in [0.4, 0.5) is 0 Å². The third kappa shape index (κ3) is 4.09. The lowest BCUT2D eigenvalue weighted by molar-refractivity contribution is -0.127. The first-order valence-electron chi connectivity index (χ1n) is 8.30. The molecule has 124 valence electrons. The van der Waals surface area contributed by atoms with Crippen molar-refractivity contribution >= 4 is 35.2 Å². The number of benzene rings is 1. The normalized spacial score (nSPS) is 20.5. The van der Waals surface area contributed by atoms with Gasteiger partial charge in [0.15, 0.2) is 0 Å². The number of carbonyl (C=O) groups excluding carboxylic acids is 1. The fraction of sp³-hybridized carbons (Fsp3) is 0.500. The van der Waals surface area contributed by atoms with E-state index in [0.29, 0.717) is 10.0 Å².